The Bertz CT molecular complexity index is 3200. The van der Waals surface area contributed by atoms with Gasteiger partial charge in [-0.2, -0.15) is 0 Å². The molecule has 4 heterocycles. The summed E-state index contributed by atoms with van der Waals surface area (Å²) >= 11 is 1.80. The number of anilines is 3. The van der Waals surface area contributed by atoms with Crippen LogP contribution < -0.4 is 21.3 Å². The molecule has 0 unspecified atom stereocenters. The van der Waals surface area contributed by atoms with E-state index in [1.165, 1.54) is 21.3 Å². The molecule has 0 atom stereocenters. The first-order valence-electron chi connectivity index (χ1n) is 21.2. The summed E-state index contributed by atoms with van der Waals surface area (Å²) in [5.41, 5.74) is 16.3. The van der Waals surface area contributed by atoms with Crippen LogP contribution in [0.15, 0.2) is 228 Å². The molecule has 8 aromatic carbocycles. The number of para-hydroxylation sites is 2. The van der Waals surface area contributed by atoms with E-state index in [0.29, 0.717) is 11.6 Å². The summed E-state index contributed by atoms with van der Waals surface area (Å²) in [6, 6.07) is 76.5. The largest absolute Gasteiger partial charge is 0.311 e. The maximum atomic E-state index is 5.51. The zero-order valence-electron chi connectivity index (χ0n) is 34.0. The van der Waals surface area contributed by atoms with Crippen molar-refractivity contribution in [1.29, 1.82) is 0 Å². The van der Waals surface area contributed by atoms with Gasteiger partial charge in [-0.1, -0.05) is 193 Å². The molecule has 2 aliphatic heterocycles. The van der Waals surface area contributed by atoms with Crippen LogP contribution >= 0.6 is 11.8 Å². The fraction of sp³-hybridized carbons (Fsp3) is 0. The van der Waals surface area contributed by atoms with Crippen molar-refractivity contribution in [3.05, 3.63) is 218 Å². The van der Waals surface area contributed by atoms with Crippen LogP contribution in [0.3, 0.4) is 0 Å². The first-order chi connectivity index (χ1) is 31.2. The third kappa shape index (κ3) is 6.53. The zero-order chi connectivity index (χ0) is 41.7. The van der Waals surface area contributed by atoms with Crippen molar-refractivity contribution < 1.29 is 0 Å². The lowest BCUT2D eigenvalue weighted by Gasteiger charge is -2.41. The van der Waals surface area contributed by atoms with Crippen LogP contribution in [-0.2, 0) is 0 Å². The van der Waals surface area contributed by atoms with Gasteiger partial charge in [0.15, 0.2) is 11.6 Å². The monoisotopic (exact) mass is 821 g/mol. The van der Waals surface area contributed by atoms with Gasteiger partial charge in [0.25, 0.3) is 0 Å². The molecule has 0 amide bonds. The Morgan fingerprint density at radius 2 is 0.794 bits per heavy atom. The third-order valence-electron chi connectivity index (χ3n) is 12.0. The van der Waals surface area contributed by atoms with Crippen LogP contribution in [0.5, 0.6) is 0 Å². The number of benzene rings is 8. The number of fused-ring (bicyclic) bond motifs is 4. The molecule has 2 aromatic heterocycles. The van der Waals surface area contributed by atoms with Crippen molar-refractivity contribution >= 4 is 51.9 Å². The van der Waals surface area contributed by atoms with E-state index < -0.39 is 0 Å². The number of hydrogen-bond donors (Lipinski definition) is 0. The molecule has 0 bridgehead atoms. The molecule has 0 radical (unpaired) electrons. The molecule has 0 fully saturated rings. The number of aromatic nitrogens is 4. The van der Waals surface area contributed by atoms with Crippen LogP contribution in [0, 0.1) is 0 Å². The van der Waals surface area contributed by atoms with E-state index in [1.54, 1.807) is 11.8 Å². The van der Waals surface area contributed by atoms with Crippen LogP contribution in [0.2, 0.25) is 0 Å². The summed E-state index contributed by atoms with van der Waals surface area (Å²) in [6.45, 7) is -0.0842. The average Bonchev–Trinajstić information content (AvgIpc) is 3.37. The second kappa shape index (κ2) is 15.6. The maximum absolute atomic E-state index is 5.51. The molecule has 0 N–H and O–H groups in total. The van der Waals surface area contributed by atoms with Crippen LogP contribution in [0.4, 0.5) is 17.1 Å². The van der Waals surface area contributed by atoms with Crippen molar-refractivity contribution in [2.75, 3.05) is 4.90 Å². The molecule has 0 saturated carbocycles. The predicted molar refractivity (Wildman–Crippen MR) is 260 cm³/mol. The van der Waals surface area contributed by atoms with Gasteiger partial charge in [-0.3, -0.25) is 0 Å². The maximum Gasteiger partial charge on any atom is 0.249 e. The summed E-state index contributed by atoms with van der Waals surface area (Å²) in [6.07, 6.45) is 0. The van der Waals surface area contributed by atoms with Gasteiger partial charge in [-0.15, -0.1) is 0 Å². The molecular formula is C56H36BN5S. The molecule has 5 nitrogen and oxygen atoms in total. The molecule has 0 saturated heterocycles. The van der Waals surface area contributed by atoms with Crippen molar-refractivity contribution in [2.45, 2.75) is 9.79 Å². The van der Waals surface area contributed by atoms with Gasteiger partial charge in [0.05, 0.1) is 28.5 Å². The van der Waals surface area contributed by atoms with Crippen LogP contribution in [-0.4, -0.2) is 26.6 Å². The van der Waals surface area contributed by atoms with E-state index in [0.717, 1.165) is 78.1 Å². The third-order valence-corrected chi connectivity index (χ3v) is 13.2. The SMILES string of the molecule is c1ccc(-c2cc(-c3ccccc3)nc(-c3cc(-c4nc(-c5ccccc5)cc(-c5ccccc5)n4)c4c5c3Sc3ccccc3B5c3ccccc3N4c3ccccc3)n2)cc1. The minimum absolute atomic E-state index is 0.0842. The van der Waals surface area contributed by atoms with Crippen LogP contribution in [0.25, 0.3) is 67.8 Å². The Hall–Kier alpha value is -7.87. The Morgan fingerprint density at radius 1 is 0.381 bits per heavy atom. The number of hydrogen-bond acceptors (Lipinski definition) is 6. The standard InChI is InChI=1S/C56H36BN5S/c1-6-20-37(21-7-1)46-35-47(38-22-8-2-9-23-38)59-55(58-46)42-34-43(56-60-48(39-24-10-3-11-25-39)36-49(61-56)40-26-12-4-13-27-40)54-52-53(42)62(41-28-14-5-15-29-41)50-32-18-16-30-44(50)57(52)45-31-17-19-33-51(45)63-54/h1-36H. The van der Waals surface area contributed by atoms with Gasteiger partial charge in [-0.25, -0.2) is 19.9 Å². The Morgan fingerprint density at radius 3 is 1.30 bits per heavy atom. The summed E-state index contributed by atoms with van der Waals surface area (Å²) in [7, 11) is 0. The minimum Gasteiger partial charge on any atom is -0.311 e. The Balaban J connectivity index is 1.23. The first-order valence-corrected chi connectivity index (χ1v) is 22.0. The normalized spacial score (nSPS) is 12.3. The smallest absolute Gasteiger partial charge is 0.249 e. The highest BCUT2D eigenvalue weighted by Gasteiger charge is 2.44. The molecule has 12 rings (SSSR count). The highest BCUT2D eigenvalue weighted by molar-refractivity contribution is 8.00. The van der Waals surface area contributed by atoms with Crippen LogP contribution in [0.1, 0.15) is 0 Å². The van der Waals surface area contributed by atoms with E-state index in [-0.39, 0.29) is 6.71 Å². The number of nitrogens with zero attached hydrogens (tertiary/aromatic N) is 5. The molecule has 2 aliphatic rings. The second-order valence-electron chi connectivity index (χ2n) is 15.8. The molecule has 7 heteroatoms. The summed E-state index contributed by atoms with van der Waals surface area (Å²) in [4.78, 5) is 26.7. The van der Waals surface area contributed by atoms with E-state index in [1.807, 2.05) is 24.3 Å². The zero-order valence-corrected chi connectivity index (χ0v) is 34.8. The van der Waals surface area contributed by atoms with Crippen molar-refractivity contribution in [3.8, 4) is 67.8 Å². The highest BCUT2D eigenvalue weighted by Crippen LogP contribution is 2.49. The van der Waals surface area contributed by atoms with Gasteiger partial charge in [-0.05, 0) is 53.4 Å². The van der Waals surface area contributed by atoms with Gasteiger partial charge < -0.3 is 4.90 Å². The Labute approximate surface area is 371 Å². The van der Waals surface area contributed by atoms with Gasteiger partial charge >= 0.3 is 0 Å². The highest BCUT2D eigenvalue weighted by atomic mass is 32.2. The van der Waals surface area contributed by atoms with Crippen molar-refractivity contribution in [2.24, 2.45) is 0 Å². The molecule has 63 heavy (non-hydrogen) atoms. The number of rotatable bonds is 7. The van der Waals surface area contributed by atoms with E-state index >= 15 is 0 Å². The molecular weight excluding hydrogens is 786 g/mol. The van der Waals surface area contributed by atoms with E-state index in [2.05, 4.69) is 199 Å². The lowest BCUT2D eigenvalue weighted by Crippen LogP contribution is -2.60. The van der Waals surface area contributed by atoms with Crippen molar-refractivity contribution in [3.63, 3.8) is 0 Å². The minimum atomic E-state index is -0.0842. The first kappa shape index (κ1) is 36.9. The fourth-order valence-corrected chi connectivity index (χ4v) is 10.4. The predicted octanol–water partition coefficient (Wildman–Crippen LogP) is 12.0. The summed E-state index contributed by atoms with van der Waals surface area (Å²) < 4.78 is 0. The second-order valence-corrected chi connectivity index (χ2v) is 16.8. The molecule has 0 aliphatic carbocycles. The summed E-state index contributed by atoms with van der Waals surface area (Å²) in [5, 5.41) is 0. The van der Waals surface area contributed by atoms with Gasteiger partial charge in [0.1, 0.15) is 0 Å². The van der Waals surface area contributed by atoms with E-state index in [9.17, 15) is 0 Å². The fourth-order valence-electron chi connectivity index (χ4n) is 9.10. The molecule has 294 valence electrons. The quantitative estimate of drug-likeness (QED) is 0.149. The topological polar surface area (TPSA) is 54.8 Å². The Kier molecular flexibility index (Phi) is 9.12. The van der Waals surface area contributed by atoms with E-state index in [4.69, 9.17) is 19.9 Å². The molecule has 0 spiro atoms. The van der Waals surface area contributed by atoms with Gasteiger partial charge in [0, 0.05) is 54.5 Å². The summed E-state index contributed by atoms with van der Waals surface area (Å²) in [5.74, 6) is 1.27. The lowest BCUT2D eigenvalue weighted by molar-refractivity contribution is 1.15. The lowest BCUT2D eigenvalue weighted by atomic mass is 9.34. The average molecular weight is 822 g/mol. The van der Waals surface area contributed by atoms with Crippen molar-refractivity contribution in [1.82, 2.24) is 19.9 Å². The van der Waals surface area contributed by atoms with Gasteiger partial charge in [0.2, 0.25) is 6.71 Å². The molecule has 10 aromatic rings.